The van der Waals surface area contributed by atoms with Gasteiger partial charge in [-0.3, -0.25) is 0 Å². The molecule has 1 saturated carbocycles. The lowest BCUT2D eigenvalue weighted by Crippen LogP contribution is -2.44. The summed E-state index contributed by atoms with van der Waals surface area (Å²) in [7, 11) is 1.69. The Morgan fingerprint density at radius 1 is 1.10 bits per heavy atom. The molecule has 2 atom stereocenters. The maximum absolute atomic E-state index is 6.30. The standard InChI is InChI=1S/C18H29NO2/c1-3-13-19-17-11-6-4-5-7-12-18(17)21-16-10-8-9-15(14-16)20-2/h8-10,14,17-19H,3-7,11-13H2,1-2H3. The van der Waals surface area contributed by atoms with Crippen molar-refractivity contribution in [3.05, 3.63) is 24.3 Å². The molecule has 1 aliphatic rings. The molecule has 0 saturated heterocycles. The van der Waals surface area contributed by atoms with E-state index in [0.717, 1.165) is 24.5 Å². The van der Waals surface area contributed by atoms with E-state index in [0.29, 0.717) is 6.04 Å². The molecule has 1 aromatic rings. The second-order valence-electron chi connectivity index (χ2n) is 5.89. The van der Waals surface area contributed by atoms with Gasteiger partial charge in [0, 0.05) is 12.1 Å². The van der Waals surface area contributed by atoms with Crippen molar-refractivity contribution in [2.45, 2.75) is 64.0 Å². The van der Waals surface area contributed by atoms with Crippen molar-refractivity contribution in [1.82, 2.24) is 5.32 Å². The number of ether oxygens (including phenoxy) is 2. The molecule has 1 N–H and O–H groups in total. The first-order valence-corrected chi connectivity index (χ1v) is 8.37. The fourth-order valence-electron chi connectivity index (χ4n) is 3.00. The minimum absolute atomic E-state index is 0.268. The smallest absolute Gasteiger partial charge is 0.123 e. The molecule has 1 aromatic carbocycles. The third kappa shape index (κ3) is 5.24. The van der Waals surface area contributed by atoms with Gasteiger partial charge in [0.05, 0.1) is 7.11 Å². The number of hydrogen-bond acceptors (Lipinski definition) is 3. The van der Waals surface area contributed by atoms with Gasteiger partial charge in [0.1, 0.15) is 17.6 Å². The van der Waals surface area contributed by atoms with Crippen LogP contribution in [-0.2, 0) is 0 Å². The summed E-state index contributed by atoms with van der Waals surface area (Å²) >= 11 is 0. The molecule has 0 heterocycles. The molecule has 3 nitrogen and oxygen atoms in total. The van der Waals surface area contributed by atoms with E-state index in [9.17, 15) is 0 Å². The summed E-state index contributed by atoms with van der Waals surface area (Å²) < 4.78 is 11.6. The minimum atomic E-state index is 0.268. The monoisotopic (exact) mass is 291 g/mol. The second kappa shape index (κ2) is 8.93. The van der Waals surface area contributed by atoms with Crippen molar-refractivity contribution in [1.29, 1.82) is 0 Å². The molecule has 1 fully saturated rings. The highest BCUT2D eigenvalue weighted by Gasteiger charge is 2.24. The number of rotatable bonds is 6. The Bertz CT molecular complexity index is 406. The predicted octanol–water partition coefficient (Wildman–Crippen LogP) is 4.17. The summed E-state index contributed by atoms with van der Waals surface area (Å²) in [6.45, 7) is 3.29. The first-order valence-electron chi connectivity index (χ1n) is 8.37. The third-order valence-corrected chi connectivity index (χ3v) is 4.19. The molecule has 2 unspecified atom stereocenters. The normalized spacial score (nSPS) is 23.1. The van der Waals surface area contributed by atoms with Gasteiger partial charge in [0.25, 0.3) is 0 Å². The summed E-state index contributed by atoms with van der Waals surface area (Å²) in [5, 5.41) is 3.68. The average molecular weight is 291 g/mol. The van der Waals surface area contributed by atoms with Crippen molar-refractivity contribution in [2.24, 2.45) is 0 Å². The van der Waals surface area contributed by atoms with Gasteiger partial charge in [0.2, 0.25) is 0 Å². The van der Waals surface area contributed by atoms with Crippen molar-refractivity contribution >= 4 is 0 Å². The van der Waals surface area contributed by atoms with E-state index in [-0.39, 0.29) is 6.10 Å². The molecule has 3 heteroatoms. The maximum Gasteiger partial charge on any atom is 0.123 e. The Balaban J connectivity index is 2.03. The lowest BCUT2D eigenvalue weighted by atomic mass is 9.94. The van der Waals surface area contributed by atoms with Crippen LogP contribution in [0.4, 0.5) is 0 Å². The Hall–Kier alpha value is -1.22. The van der Waals surface area contributed by atoms with Gasteiger partial charge in [0.15, 0.2) is 0 Å². The highest BCUT2D eigenvalue weighted by atomic mass is 16.5. The van der Waals surface area contributed by atoms with Crippen LogP contribution in [-0.4, -0.2) is 25.8 Å². The van der Waals surface area contributed by atoms with Gasteiger partial charge in [-0.15, -0.1) is 0 Å². The topological polar surface area (TPSA) is 30.5 Å². The molecular weight excluding hydrogens is 262 g/mol. The Morgan fingerprint density at radius 3 is 2.62 bits per heavy atom. The van der Waals surface area contributed by atoms with E-state index < -0.39 is 0 Å². The summed E-state index contributed by atoms with van der Waals surface area (Å²) in [6.07, 6.45) is 9.05. The molecule has 0 aliphatic heterocycles. The zero-order valence-corrected chi connectivity index (χ0v) is 13.4. The summed E-state index contributed by atoms with van der Waals surface area (Å²) in [5.41, 5.74) is 0. The van der Waals surface area contributed by atoms with Crippen molar-refractivity contribution in [3.8, 4) is 11.5 Å². The number of nitrogens with one attached hydrogen (secondary N) is 1. The van der Waals surface area contributed by atoms with E-state index >= 15 is 0 Å². The number of hydrogen-bond donors (Lipinski definition) is 1. The van der Waals surface area contributed by atoms with Gasteiger partial charge >= 0.3 is 0 Å². The van der Waals surface area contributed by atoms with E-state index in [4.69, 9.17) is 9.47 Å². The highest BCUT2D eigenvalue weighted by Crippen LogP contribution is 2.25. The molecule has 118 valence electrons. The van der Waals surface area contributed by atoms with Crippen LogP contribution >= 0.6 is 0 Å². The van der Waals surface area contributed by atoms with E-state index in [1.54, 1.807) is 7.11 Å². The lowest BCUT2D eigenvalue weighted by Gasteiger charge is -2.30. The summed E-state index contributed by atoms with van der Waals surface area (Å²) in [6, 6.07) is 8.42. The van der Waals surface area contributed by atoms with E-state index in [1.807, 2.05) is 24.3 Å². The van der Waals surface area contributed by atoms with Crippen LogP contribution in [0.1, 0.15) is 51.9 Å². The van der Waals surface area contributed by atoms with Gasteiger partial charge in [-0.05, 0) is 44.4 Å². The van der Waals surface area contributed by atoms with Crippen molar-refractivity contribution in [2.75, 3.05) is 13.7 Å². The molecule has 21 heavy (non-hydrogen) atoms. The lowest BCUT2D eigenvalue weighted by molar-refractivity contribution is 0.127. The first kappa shape index (κ1) is 16.2. The zero-order chi connectivity index (χ0) is 14.9. The molecule has 0 spiro atoms. The fraction of sp³-hybridized carbons (Fsp3) is 0.667. The summed E-state index contributed by atoms with van der Waals surface area (Å²) in [5.74, 6) is 1.78. The molecule has 0 bridgehead atoms. The Kier molecular flexibility index (Phi) is 6.87. The maximum atomic E-state index is 6.30. The van der Waals surface area contributed by atoms with Gasteiger partial charge in [-0.2, -0.15) is 0 Å². The minimum Gasteiger partial charge on any atom is -0.497 e. The fourth-order valence-corrected chi connectivity index (χ4v) is 3.00. The summed E-state index contributed by atoms with van der Waals surface area (Å²) in [4.78, 5) is 0. The predicted molar refractivity (Wildman–Crippen MR) is 87.2 cm³/mol. The van der Waals surface area contributed by atoms with Crippen molar-refractivity contribution < 1.29 is 9.47 Å². The molecule has 0 aromatic heterocycles. The quantitative estimate of drug-likeness (QED) is 0.853. The Morgan fingerprint density at radius 2 is 1.86 bits per heavy atom. The van der Waals surface area contributed by atoms with Crippen LogP contribution in [0.15, 0.2) is 24.3 Å². The van der Waals surface area contributed by atoms with Crippen LogP contribution in [0.3, 0.4) is 0 Å². The third-order valence-electron chi connectivity index (χ3n) is 4.19. The molecule has 0 amide bonds. The zero-order valence-electron chi connectivity index (χ0n) is 13.4. The van der Waals surface area contributed by atoms with E-state index in [2.05, 4.69) is 12.2 Å². The largest absolute Gasteiger partial charge is 0.497 e. The molecule has 0 radical (unpaired) electrons. The molecule has 1 aliphatic carbocycles. The van der Waals surface area contributed by atoms with Crippen LogP contribution in [0, 0.1) is 0 Å². The van der Waals surface area contributed by atoms with Crippen LogP contribution in [0.2, 0.25) is 0 Å². The SMILES string of the molecule is CCCNC1CCCCCCC1Oc1cccc(OC)c1. The van der Waals surface area contributed by atoms with Crippen LogP contribution in [0.5, 0.6) is 11.5 Å². The highest BCUT2D eigenvalue weighted by molar-refractivity contribution is 5.33. The number of benzene rings is 1. The van der Waals surface area contributed by atoms with Crippen molar-refractivity contribution in [3.63, 3.8) is 0 Å². The average Bonchev–Trinajstić information content (AvgIpc) is 2.50. The second-order valence-corrected chi connectivity index (χ2v) is 5.89. The van der Waals surface area contributed by atoms with E-state index in [1.165, 1.54) is 38.5 Å². The van der Waals surface area contributed by atoms with Crippen LogP contribution in [0.25, 0.3) is 0 Å². The van der Waals surface area contributed by atoms with Gasteiger partial charge < -0.3 is 14.8 Å². The molecular formula is C18H29NO2. The van der Waals surface area contributed by atoms with Gasteiger partial charge in [-0.1, -0.05) is 32.3 Å². The molecule has 2 rings (SSSR count). The first-order chi connectivity index (χ1) is 10.3. The number of methoxy groups -OCH3 is 1. The Labute approximate surface area is 129 Å². The van der Waals surface area contributed by atoms with Gasteiger partial charge in [-0.25, -0.2) is 0 Å². The van der Waals surface area contributed by atoms with Crippen LogP contribution < -0.4 is 14.8 Å².